The molecule has 1 saturated carbocycles. The van der Waals surface area contributed by atoms with Gasteiger partial charge in [0, 0.05) is 5.56 Å². The molecular weight excluding hydrogens is 416 g/mol. The number of rotatable bonds is 5. The van der Waals surface area contributed by atoms with Gasteiger partial charge in [-0.15, -0.1) is 0 Å². The zero-order valence-corrected chi connectivity index (χ0v) is 19.7. The van der Waals surface area contributed by atoms with Gasteiger partial charge >= 0.3 is 17.9 Å². The third-order valence-electron chi connectivity index (χ3n) is 5.90. The first-order chi connectivity index (χ1) is 14.6. The van der Waals surface area contributed by atoms with E-state index in [1.807, 2.05) is 30.3 Å². The van der Waals surface area contributed by atoms with Crippen molar-refractivity contribution < 1.29 is 33.3 Å². The van der Waals surface area contributed by atoms with Crippen LogP contribution in [0.3, 0.4) is 0 Å². The number of methoxy groups -OCH3 is 3. The van der Waals surface area contributed by atoms with Crippen LogP contribution in [0.4, 0.5) is 0 Å². The van der Waals surface area contributed by atoms with Gasteiger partial charge in [-0.2, -0.15) is 0 Å². The highest BCUT2D eigenvalue weighted by Gasteiger charge is 2.66. The molecule has 0 bridgehead atoms. The van der Waals surface area contributed by atoms with E-state index in [0.717, 1.165) is 5.56 Å². The van der Waals surface area contributed by atoms with E-state index in [4.69, 9.17) is 18.9 Å². The number of ether oxygens (including phenoxy) is 4. The van der Waals surface area contributed by atoms with E-state index in [0.29, 0.717) is 16.7 Å². The van der Waals surface area contributed by atoms with Crippen LogP contribution >= 0.6 is 0 Å². The van der Waals surface area contributed by atoms with Crippen LogP contribution in [0.2, 0.25) is 19.6 Å². The van der Waals surface area contributed by atoms with Crippen LogP contribution in [0.25, 0.3) is 5.76 Å². The van der Waals surface area contributed by atoms with Crippen molar-refractivity contribution in [3.63, 3.8) is 0 Å². The number of fused-ring (bicyclic) bond motifs is 1. The molecule has 8 heteroatoms. The number of carbonyl (C=O) groups excluding carboxylic acids is 3. The van der Waals surface area contributed by atoms with Crippen molar-refractivity contribution in [3.05, 3.63) is 52.9 Å². The number of esters is 3. The Labute approximate surface area is 183 Å². The van der Waals surface area contributed by atoms with Gasteiger partial charge in [-0.1, -0.05) is 50.0 Å². The quantitative estimate of drug-likeness (QED) is 0.297. The lowest BCUT2D eigenvalue weighted by Crippen LogP contribution is -2.42. The van der Waals surface area contributed by atoms with E-state index >= 15 is 0 Å². The lowest BCUT2D eigenvalue weighted by molar-refractivity contribution is -0.169. The van der Waals surface area contributed by atoms with Crippen LogP contribution in [0, 0.1) is 10.8 Å². The van der Waals surface area contributed by atoms with Crippen molar-refractivity contribution in [1.29, 1.82) is 0 Å². The third-order valence-corrected chi connectivity index (χ3v) is 7.67. The topological polar surface area (TPSA) is 88.1 Å². The van der Waals surface area contributed by atoms with E-state index in [1.165, 1.54) is 21.3 Å². The fourth-order valence-electron chi connectivity index (χ4n) is 4.50. The fourth-order valence-corrected chi connectivity index (χ4v) is 6.13. The molecule has 31 heavy (non-hydrogen) atoms. The van der Waals surface area contributed by atoms with Crippen LogP contribution in [-0.4, -0.2) is 47.3 Å². The van der Waals surface area contributed by atoms with E-state index < -0.39 is 36.8 Å². The molecule has 0 N–H and O–H groups in total. The van der Waals surface area contributed by atoms with Crippen molar-refractivity contribution in [1.82, 2.24) is 0 Å². The maximum absolute atomic E-state index is 13.3. The second-order valence-corrected chi connectivity index (χ2v) is 13.9. The fraction of sp³-hybridized carbons (Fsp3) is 0.435. The second-order valence-electron chi connectivity index (χ2n) is 8.92. The number of carbonyl (C=O) groups is 3. The van der Waals surface area contributed by atoms with Crippen molar-refractivity contribution in [2.75, 3.05) is 21.3 Å². The van der Waals surface area contributed by atoms with Gasteiger partial charge in [0.1, 0.15) is 19.2 Å². The molecule has 0 amide bonds. The molecular formula is C23H28O7Si. The van der Waals surface area contributed by atoms with Gasteiger partial charge in [0.05, 0.1) is 26.7 Å². The Morgan fingerprint density at radius 2 is 1.45 bits per heavy atom. The number of hydrogen-bond acceptors (Lipinski definition) is 7. The first-order valence-electron chi connectivity index (χ1n) is 10.0. The molecule has 1 aromatic rings. The summed E-state index contributed by atoms with van der Waals surface area (Å²) in [5, 5.41) is 0.661. The van der Waals surface area contributed by atoms with Gasteiger partial charge in [-0.05, 0) is 24.5 Å². The molecule has 7 nitrogen and oxygen atoms in total. The maximum Gasteiger partial charge on any atom is 0.323 e. The molecule has 166 valence electrons. The summed E-state index contributed by atoms with van der Waals surface area (Å²) in [4.78, 5) is 39.1. The monoisotopic (exact) mass is 444 g/mol. The van der Waals surface area contributed by atoms with E-state index in [-0.39, 0.29) is 12.8 Å². The molecule has 2 aliphatic rings. The van der Waals surface area contributed by atoms with Crippen LogP contribution in [0.1, 0.15) is 18.4 Å². The molecule has 1 aromatic carbocycles. The Hall–Kier alpha value is -2.87. The molecule has 1 aliphatic heterocycles. The highest BCUT2D eigenvalue weighted by atomic mass is 28.3. The van der Waals surface area contributed by atoms with Crippen molar-refractivity contribution in [2.24, 2.45) is 10.8 Å². The van der Waals surface area contributed by atoms with Crippen LogP contribution < -0.4 is 0 Å². The summed E-state index contributed by atoms with van der Waals surface area (Å²) in [5.74, 6) is -1.54. The largest absolute Gasteiger partial charge is 0.468 e. The summed E-state index contributed by atoms with van der Waals surface area (Å²) in [5.41, 5.74) is -1.62. The predicted octanol–water partition coefficient (Wildman–Crippen LogP) is 3.47. The van der Waals surface area contributed by atoms with Gasteiger partial charge in [0.25, 0.3) is 0 Å². The standard InChI is InChI=1S/C23H28O7Si/c1-27-19(24)22-13-17(15-10-8-7-9-11-15)30-18(31(4,5)6)16(22)12-23(14-22,20(25)28-2)21(26)29-3/h7-11,13H,12,14H2,1-6H3. The number of hydrogen-bond donors (Lipinski definition) is 0. The Morgan fingerprint density at radius 3 is 1.94 bits per heavy atom. The average Bonchev–Trinajstić information content (AvgIpc) is 3.14. The van der Waals surface area contributed by atoms with Gasteiger partial charge in [0.15, 0.2) is 5.41 Å². The molecule has 1 aliphatic carbocycles. The third kappa shape index (κ3) is 3.58. The molecule has 3 rings (SSSR count). The molecule has 0 radical (unpaired) electrons. The molecule has 1 atom stereocenters. The van der Waals surface area contributed by atoms with E-state index in [2.05, 4.69) is 19.6 Å². The van der Waals surface area contributed by atoms with Crippen molar-refractivity contribution >= 4 is 31.7 Å². The van der Waals surface area contributed by atoms with Gasteiger partial charge in [0.2, 0.25) is 0 Å². The molecule has 1 heterocycles. The molecule has 0 spiro atoms. The smallest absolute Gasteiger partial charge is 0.323 e. The molecule has 1 unspecified atom stereocenters. The van der Waals surface area contributed by atoms with Gasteiger partial charge in [-0.25, -0.2) is 0 Å². The molecule has 0 saturated heterocycles. The minimum absolute atomic E-state index is 0.0282. The van der Waals surface area contributed by atoms with Crippen molar-refractivity contribution in [2.45, 2.75) is 32.5 Å². The summed E-state index contributed by atoms with van der Waals surface area (Å²) < 4.78 is 21.6. The highest BCUT2D eigenvalue weighted by molar-refractivity contribution is 6.82. The minimum atomic E-state index is -2.17. The van der Waals surface area contributed by atoms with Gasteiger partial charge < -0.3 is 18.9 Å². The lowest BCUT2D eigenvalue weighted by atomic mass is 9.77. The SMILES string of the molecule is COC(=O)C12C=C(c3ccccc3)OC([Si](C)(C)C)=C1CC(C(=O)OC)(C(=O)OC)C2. The Bertz CT molecular complexity index is 955. The zero-order chi connectivity index (χ0) is 23.0. The second kappa shape index (κ2) is 7.99. The van der Waals surface area contributed by atoms with Gasteiger partial charge in [-0.3, -0.25) is 14.4 Å². The van der Waals surface area contributed by atoms with Crippen LogP contribution in [0.15, 0.2) is 47.4 Å². The lowest BCUT2D eigenvalue weighted by Gasteiger charge is -2.36. The van der Waals surface area contributed by atoms with E-state index in [1.54, 1.807) is 6.08 Å². The summed E-state index contributed by atoms with van der Waals surface area (Å²) >= 11 is 0. The predicted molar refractivity (Wildman–Crippen MR) is 116 cm³/mol. The molecule has 1 fully saturated rings. The maximum atomic E-state index is 13.3. The van der Waals surface area contributed by atoms with E-state index in [9.17, 15) is 14.4 Å². The Balaban J connectivity index is 2.34. The Kier molecular flexibility index (Phi) is 5.88. The van der Waals surface area contributed by atoms with Crippen LogP contribution in [0.5, 0.6) is 0 Å². The normalized spacial score (nSPS) is 22.1. The zero-order valence-electron chi connectivity index (χ0n) is 18.7. The summed E-state index contributed by atoms with van der Waals surface area (Å²) in [6, 6.07) is 9.40. The number of benzene rings is 1. The minimum Gasteiger partial charge on any atom is -0.468 e. The molecule has 0 aromatic heterocycles. The highest BCUT2D eigenvalue weighted by Crippen LogP contribution is 2.60. The first-order valence-corrected chi connectivity index (χ1v) is 13.5. The Morgan fingerprint density at radius 1 is 0.903 bits per heavy atom. The summed E-state index contributed by atoms with van der Waals surface area (Å²) in [7, 11) is 1.56. The summed E-state index contributed by atoms with van der Waals surface area (Å²) in [6.45, 7) is 6.25. The van der Waals surface area contributed by atoms with Crippen molar-refractivity contribution in [3.8, 4) is 0 Å². The van der Waals surface area contributed by atoms with Crippen LogP contribution in [-0.2, 0) is 33.3 Å². The summed E-state index contributed by atoms with van der Waals surface area (Å²) in [6.07, 6.45) is 1.51. The first kappa shape index (κ1) is 22.8. The average molecular weight is 445 g/mol.